The Hall–Kier alpha value is -0.570. The number of carbonyl (C=O) groups is 1. The summed E-state index contributed by atoms with van der Waals surface area (Å²) in [6, 6.07) is 0.472. The fraction of sp³-hybridized carbons (Fsp3) is 0.929. The summed E-state index contributed by atoms with van der Waals surface area (Å²) in [5.41, 5.74) is -0.229. The molecular weight excluding hydrogens is 212 g/mol. The molecule has 0 aromatic carbocycles. The van der Waals surface area contributed by atoms with Gasteiger partial charge in [-0.05, 0) is 38.8 Å². The third-order valence-corrected chi connectivity index (χ3v) is 3.95. The zero-order valence-electron chi connectivity index (χ0n) is 11.5. The van der Waals surface area contributed by atoms with Crippen molar-refractivity contribution in [2.45, 2.75) is 52.5 Å². The summed E-state index contributed by atoms with van der Waals surface area (Å²) in [6.45, 7) is 10.6. The summed E-state index contributed by atoms with van der Waals surface area (Å²) in [5, 5.41) is 0. The van der Waals surface area contributed by atoms with E-state index in [-0.39, 0.29) is 5.41 Å². The van der Waals surface area contributed by atoms with Crippen LogP contribution in [0.15, 0.2) is 0 Å². The van der Waals surface area contributed by atoms with Crippen molar-refractivity contribution in [2.75, 3.05) is 26.2 Å². The number of hydrogen-bond donors (Lipinski definition) is 0. The first-order valence-corrected chi connectivity index (χ1v) is 7.02. The second kappa shape index (κ2) is 4.97. The maximum atomic E-state index is 12.4. The van der Waals surface area contributed by atoms with Crippen LogP contribution in [-0.2, 0) is 4.79 Å². The molecule has 3 nitrogen and oxygen atoms in total. The Morgan fingerprint density at radius 1 is 1.12 bits per heavy atom. The number of amides is 1. The van der Waals surface area contributed by atoms with Crippen molar-refractivity contribution < 1.29 is 4.79 Å². The van der Waals surface area contributed by atoms with E-state index in [2.05, 4.69) is 9.80 Å². The van der Waals surface area contributed by atoms with Gasteiger partial charge in [-0.1, -0.05) is 20.8 Å². The van der Waals surface area contributed by atoms with Gasteiger partial charge in [-0.2, -0.15) is 0 Å². The summed E-state index contributed by atoms with van der Waals surface area (Å²) < 4.78 is 0. The lowest BCUT2D eigenvalue weighted by Crippen LogP contribution is -2.46. The summed E-state index contributed by atoms with van der Waals surface area (Å²) in [7, 11) is 0. The Morgan fingerprint density at radius 3 is 2.35 bits per heavy atom. The minimum atomic E-state index is -0.229. The molecule has 0 saturated carbocycles. The van der Waals surface area contributed by atoms with Crippen LogP contribution >= 0.6 is 0 Å². The van der Waals surface area contributed by atoms with E-state index >= 15 is 0 Å². The molecule has 2 fully saturated rings. The zero-order valence-corrected chi connectivity index (χ0v) is 11.5. The van der Waals surface area contributed by atoms with Gasteiger partial charge in [-0.15, -0.1) is 0 Å². The minimum Gasteiger partial charge on any atom is -0.338 e. The second-order valence-corrected chi connectivity index (χ2v) is 6.55. The van der Waals surface area contributed by atoms with Crippen LogP contribution in [0.25, 0.3) is 0 Å². The van der Waals surface area contributed by atoms with E-state index in [1.54, 1.807) is 0 Å². The van der Waals surface area contributed by atoms with Crippen molar-refractivity contribution in [2.24, 2.45) is 5.41 Å². The summed E-state index contributed by atoms with van der Waals surface area (Å²) in [6.07, 6.45) is 5.04. The average Bonchev–Trinajstić information content (AvgIpc) is 2.87. The molecule has 0 aromatic rings. The van der Waals surface area contributed by atoms with Gasteiger partial charge in [-0.3, -0.25) is 4.79 Å². The average molecular weight is 238 g/mol. The van der Waals surface area contributed by atoms with Crippen molar-refractivity contribution >= 4 is 5.91 Å². The monoisotopic (exact) mass is 238 g/mol. The fourth-order valence-electron chi connectivity index (χ4n) is 2.99. The highest BCUT2D eigenvalue weighted by molar-refractivity contribution is 5.82. The first-order chi connectivity index (χ1) is 7.98. The van der Waals surface area contributed by atoms with Crippen LogP contribution < -0.4 is 0 Å². The van der Waals surface area contributed by atoms with Crippen molar-refractivity contribution in [1.82, 2.24) is 9.80 Å². The Balaban J connectivity index is 1.94. The third kappa shape index (κ3) is 3.01. The van der Waals surface area contributed by atoms with E-state index in [0.717, 1.165) is 13.1 Å². The van der Waals surface area contributed by atoms with Crippen LogP contribution in [-0.4, -0.2) is 47.9 Å². The molecule has 0 N–H and O–H groups in total. The SMILES string of the molecule is CC(C)(C)C(=O)N1CCC[C@H]1CN1CCCC1. The maximum absolute atomic E-state index is 12.4. The highest BCUT2D eigenvalue weighted by Crippen LogP contribution is 2.26. The third-order valence-electron chi connectivity index (χ3n) is 3.95. The van der Waals surface area contributed by atoms with Crippen LogP contribution in [0.5, 0.6) is 0 Å². The number of hydrogen-bond acceptors (Lipinski definition) is 2. The van der Waals surface area contributed by atoms with Gasteiger partial charge in [0.1, 0.15) is 0 Å². The van der Waals surface area contributed by atoms with E-state index in [1.807, 2.05) is 20.8 Å². The molecule has 0 bridgehead atoms. The molecule has 0 unspecified atom stereocenters. The van der Waals surface area contributed by atoms with Crippen molar-refractivity contribution in [3.05, 3.63) is 0 Å². The number of carbonyl (C=O) groups excluding carboxylic acids is 1. The standard InChI is InChI=1S/C14H26N2O/c1-14(2,3)13(17)16-10-6-7-12(16)11-15-8-4-5-9-15/h12H,4-11H2,1-3H3/t12-/m0/s1. The van der Waals surface area contributed by atoms with E-state index < -0.39 is 0 Å². The highest BCUT2D eigenvalue weighted by Gasteiger charge is 2.35. The van der Waals surface area contributed by atoms with E-state index in [9.17, 15) is 4.79 Å². The molecule has 0 aromatic heterocycles. The van der Waals surface area contributed by atoms with Crippen LogP contribution in [0.3, 0.4) is 0 Å². The summed E-state index contributed by atoms with van der Waals surface area (Å²) >= 11 is 0. The van der Waals surface area contributed by atoms with Gasteiger partial charge in [0, 0.05) is 24.5 Å². The molecule has 2 aliphatic heterocycles. The molecule has 3 heteroatoms. The minimum absolute atomic E-state index is 0.229. The zero-order chi connectivity index (χ0) is 12.5. The lowest BCUT2D eigenvalue weighted by molar-refractivity contribution is -0.140. The van der Waals surface area contributed by atoms with Gasteiger partial charge < -0.3 is 9.80 Å². The Morgan fingerprint density at radius 2 is 1.76 bits per heavy atom. The van der Waals surface area contributed by atoms with Gasteiger partial charge >= 0.3 is 0 Å². The van der Waals surface area contributed by atoms with E-state index in [4.69, 9.17) is 0 Å². The lowest BCUT2D eigenvalue weighted by atomic mass is 9.94. The van der Waals surface area contributed by atoms with Gasteiger partial charge in [-0.25, -0.2) is 0 Å². The van der Waals surface area contributed by atoms with Gasteiger partial charge in [0.25, 0.3) is 0 Å². The first kappa shape index (κ1) is 12.9. The number of likely N-dealkylation sites (tertiary alicyclic amines) is 2. The van der Waals surface area contributed by atoms with Crippen molar-refractivity contribution in [3.63, 3.8) is 0 Å². The second-order valence-electron chi connectivity index (χ2n) is 6.55. The largest absolute Gasteiger partial charge is 0.338 e. The fourth-order valence-corrected chi connectivity index (χ4v) is 2.99. The first-order valence-electron chi connectivity index (χ1n) is 7.02. The molecule has 1 amide bonds. The maximum Gasteiger partial charge on any atom is 0.228 e. The van der Waals surface area contributed by atoms with Gasteiger partial charge in [0.15, 0.2) is 0 Å². The van der Waals surface area contributed by atoms with E-state index in [1.165, 1.54) is 38.8 Å². The van der Waals surface area contributed by atoms with Gasteiger partial charge in [0.2, 0.25) is 5.91 Å². The summed E-state index contributed by atoms with van der Waals surface area (Å²) in [5.74, 6) is 0.333. The molecular formula is C14H26N2O. The molecule has 17 heavy (non-hydrogen) atoms. The molecule has 0 aliphatic carbocycles. The smallest absolute Gasteiger partial charge is 0.228 e. The van der Waals surface area contributed by atoms with Crippen molar-refractivity contribution in [3.8, 4) is 0 Å². The van der Waals surface area contributed by atoms with Crippen LogP contribution in [0, 0.1) is 5.41 Å². The molecule has 0 radical (unpaired) electrons. The predicted molar refractivity (Wildman–Crippen MR) is 69.9 cm³/mol. The highest BCUT2D eigenvalue weighted by atomic mass is 16.2. The van der Waals surface area contributed by atoms with Crippen LogP contribution in [0.1, 0.15) is 46.5 Å². The molecule has 98 valence electrons. The molecule has 2 aliphatic rings. The number of nitrogens with zero attached hydrogens (tertiary/aromatic N) is 2. The normalized spacial score (nSPS) is 26.8. The Kier molecular flexibility index (Phi) is 3.76. The molecule has 1 atom stereocenters. The topological polar surface area (TPSA) is 23.6 Å². The Labute approximate surface area is 105 Å². The molecule has 2 saturated heterocycles. The van der Waals surface area contributed by atoms with E-state index in [0.29, 0.717) is 11.9 Å². The van der Waals surface area contributed by atoms with Crippen molar-refractivity contribution in [1.29, 1.82) is 0 Å². The number of rotatable bonds is 2. The quantitative estimate of drug-likeness (QED) is 0.735. The molecule has 2 heterocycles. The molecule has 2 rings (SSSR count). The lowest BCUT2D eigenvalue weighted by Gasteiger charge is -2.33. The summed E-state index contributed by atoms with van der Waals surface area (Å²) in [4.78, 5) is 17.0. The van der Waals surface area contributed by atoms with Crippen LogP contribution in [0.2, 0.25) is 0 Å². The van der Waals surface area contributed by atoms with Crippen LogP contribution in [0.4, 0.5) is 0 Å². The Bertz CT molecular complexity index is 276. The molecule has 0 spiro atoms. The predicted octanol–water partition coefficient (Wildman–Crippen LogP) is 2.12. The van der Waals surface area contributed by atoms with Gasteiger partial charge in [0.05, 0.1) is 0 Å².